The van der Waals surface area contributed by atoms with Crippen molar-refractivity contribution in [3.05, 3.63) is 57.6 Å². The molecule has 2 rings (SSSR count). The van der Waals surface area contributed by atoms with E-state index in [9.17, 15) is 4.79 Å². The molecule has 2 aromatic carbocycles. The summed E-state index contributed by atoms with van der Waals surface area (Å²) in [6, 6.07) is 10.9. The Morgan fingerprint density at radius 2 is 1.65 bits per heavy atom. The van der Waals surface area contributed by atoms with Crippen molar-refractivity contribution in [2.75, 3.05) is 14.2 Å². The molecule has 0 N–H and O–H groups in total. The zero-order valence-electron chi connectivity index (χ0n) is 11.6. The third-order valence-electron chi connectivity index (χ3n) is 3.01. The molecule has 0 bridgehead atoms. The van der Waals surface area contributed by atoms with Crippen molar-refractivity contribution in [1.82, 2.24) is 0 Å². The van der Waals surface area contributed by atoms with Crippen molar-refractivity contribution >= 4 is 21.7 Å². The van der Waals surface area contributed by atoms with Crippen LogP contribution in [0.25, 0.3) is 0 Å². The molecular formula is C16H15BrO3. The molecule has 0 fully saturated rings. The lowest BCUT2D eigenvalue weighted by molar-refractivity contribution is 0.103. The Morgan fingerprint density at radius 1 is 1.00 bits per heavy atom. The smallest absolute Gasteiger partial charge is 0.193 e. The summed E-state index contributed by atoms with van der Waals surface area (Å²) < 4.78 is 11.2. The molecule has 0 unspecified atom stereocenters. The number of carbonyl (C=O) groups excluding carboxylic acids is 1. The number of benzene rings is 2. The zero-order chi connectivity index (χ0) is 14.7. The van der Waals surface area contributed by atoms with Crippen molar-refractivity contribution in [2.45, 2.75) is 6.92 Å². The summed E-state index contributed by atoms with van der Waals surface area (Å²) in [6.45, 7) is 1.99. The van der Waals surface area contributed by atoms with Crippen LogP contribution >= 0.6 is 15.9 Å². The number of ketones is 1. The fraction of sp³-hybridized carbons (Fsp3) is 0.188. The van der Waals surface area contributed by atoms with E-state index in [2.05, 4.69) is 15.9 Å². The first-order valence-electron chi connectivity index (χ1n) is 6.09. The molecule has 0 atom stereocenters. The minimum atomic E-state index is -0.0494. The highest BCUT2D eigenvalue weighted by Gasteiger charge is 2.16. The number of halogens is 1. The van der Waals surface area contributed by atoms with Crippen LogP contribution in [0.15, 0.2) is 40.9 Å². The van der Waals surface area contributed by atoms with Crippen molar-refractivity contribution in [2.24, 2.45) is 0 Å². The second-order valence-electron chi connectivity index (χ2n) is 4.39. The van der Waals surface area contributed by atoms with Crippen molar-refractivity contribution in [3.8, 4) is 11.5 Å². The highest BCUT2D eigenvalue weighted by atomic mass is 79.9. The largest absolute Gasteiger partial charge is 0.493 e. The van der Waals surface area contributed by atoms with Crippen molar-refractivity contribution in [3.63, 3.8) is 0 Å². The van der Waals surface area contributed by atoms with Gasteiger partial charge in [0.25, 0.3) is 0 Å². The summed E-state index contributed by atoms with van der Waals surface area (Å²) in [6.07, 6.45) is 0. The van der Waals surface area contributed by atoms with Gasteiger partial charge in [-0.05, 0) is 35.0 Å². The molecule has 2 aromatic rings. The molecular weight excluding hydrogens is 320 g/mol. The maximum absolute atomic E-state index is 12.5. The second kappa shape index (κ2) is 6.09. The Morgan fingerprint density at radius 3 is 2.20 bits per heavy atom. The number of rotatable bonds is 4. The lowest BCUT2D eigenvalue weighted by Gasteiger charge is -2.11. The van der Waals surface area contributed by atoms with Gasteiger partial charge in [0.15, 0.2) is 17.3 Å². The highest BCUT2D eigenvalue weighted by Crippen LogP contribution is 2.36. The second-order valence-corrected chi connectivity index (χ2v) is 5.24. The minimum Gasteiger partial charge on any atom is -0.493 e. The maximum Gasteiger partial charge on any atom is 0.193 e. The summed E-state index contributed by atoms with van der Waals surface area (Å²) in [5, 5.41) is 0. The van der Waals surface area contributed by atoms with Crippen molar-refractivity contribution < 1.29 is 14.3 Å². The van der Waals surface area contributed by atoms with Gasteiger partial charge in [0.1, 0.15) is 0 Å². The molecule has 0 saturated heterocycles. The van der Waals surface area contributed by atoms with Gasteiger partial charge < -0.3 is 9.47 Å². The molecule has 0 saturated carbocycles. The van der Waals surface area contributed by atoms with Crippen LogP contribution < -0.4 is 9.47 Å². The predicted octanol–water partition coefficient (Wildman–Crippen LogP) is 4.01. The summed E-state index contributed by atoms with van der Waals surface area (Å²) >= 11 is 3.39. The first kappa shape index (κ1) is 14.6. The van der Waals surface area contributed by atoms with Crippen LogP contribution in [0.5, 0.6) is 11.5 Å². The normalized spacial score (nSPS) is 10.2. The van der Waals surface area contributed by atoms with E-state index < -0.39 is 0 Å². The predicted molar refractivity (Wildman–Crippen MR) is 81.9 cm³/mol. The fourth-order valence-corrected chi connectivity index (χ4v) is 2.52. The first-order valence-corrected chi connectivity index (χ1v) is 6.89. The number of aryl methyl sites for hydroxylation is 1. The Balaban J connectivity index is 2.45. The van der Waals surface area contributed by atoms with Crippen LogP contribution in [0, 0.1) is 6.92 Å². The van der Waals surface area contributed by atoms with Crippen LogP contribution in [0.2, 0.25) is 0 Å². The van der Waals surface area contributed by atoms with E-state index >= 15 is 0 Å². The molecule has 0 amide bonds. The van der Waals surface area contributed by atoms with E-state index in [0.717, 1.165) is 5.56 Å². The summed E-state index contributed by atoms with van der Waals surface area (Å²) in [7, 11) is 3.11. The van der Waals surface area contributed by atoms with E-state index in [0.29, 0.717) is 27.1 Å². The number of hydrogen-bond donors (Lipinski definition) is 0. The van der Waals surface area contributed by atoms with Gasteiger partial charge in [-0.1, -0.05) is 29.8 Å². The molecule has 3 nitrogen and oxygen atoms in total. The Labute approximate surface area is 126 Å². The monoisotopic (exact) mass is 334 g/mol. The Bertz CT molecular complexity index is 633. The molecule has 20 heavy (non-hydrogen) atoms. The lowest BCUT2D eigenvalue weighted by Crippen LogP contribution is -2.03. The molecule has 4 heteroatoms. The number of hydrogen-bond acceptors (Lipinski definition) is 3. The van der Waals surface area contributed by atoms with Crippen LogP contribution in [0.4, 0.5) is 0 Å². The Kier molecular flexibility index (Phi) is 4.45. The standard InChI is InChI=1S/C16H15BrO3/c1-10-4-6-11(7-5-10)15(18)12-8-13(17)16(20-3)14(9-12)19-2/h4-9H,1-3H3. The number of ether oxygens (including phenoxy) is 2. The van der Waals surface area contributed by atoms with Crippen LogP contribution in [0.1, 0.15) is 21.5 Å². The van der Waals surface area contributed by atoms with Gasteiger partial charge in [-0.15, -0.1) is 0 Å². The van der Waals surface area contributed by atoms with E-state index in [1.54, 1.807) is 26.4 Å². The molecule has 0 spiro atoms. The summed E-state index contributed by atoms with van der Waals surface area (Å²) in [4.78, 5) is 12.5. The molecule has 0 heterocycles. The van der Waals surface area contributed by atoms with Gasteiger partial charge in [0.2, 0.25) is 0 Å². The van der Waals surface area contributed by atoms with Gasteiger partial charge in [-0.25, -0.2) is 0 Å². The quantitative estimate of drug-likeness (QED) is 0.792. The van der Waals surface area contributed by atoms with Gasteiger partial charge in [-0.3, -0.25) is 4.79 Å². The number of methoxy groups -OCH3 is 2. The lowest BCUT2D eigenvalue weighted by atomic mass is 10.0. The number of carbonyl (C=O) groups is 1. The van der Waals surface area contributed by atoms with Gasteiger partial charge in [0.05, 0.1) is 18.7 Å². The molecule has 0 radical (unpaired) electrons. The highest BCUT2D eigenvalue weighted by molar-refractivity contribution is 9.10. The molecule has 104 valence electrons. The molecule has 0 aliphatic rings. The van der Waals surface area contributed by atoms with Crippen LogP contribution in [-0.2, 0) is 0 Å². The van der Waals surface area contributed by atoms with Gasteiger partial charge >= 0.3 is 0 Å². The average Bonchev–Trinajstić information content (AvgIpc) is 2.46. The topological polar surface area (TPSA) is 35.5 Å². The zero-order valence-corrected chi connectivity index (χ0v) is 13.2. The maximum atomic E-state index is 12.5. The van der Waals surface area contributed by atoms with Gasteiger partial charge in [0, 0.05) is 11.1 Å². The third-order valence-corrected chi connectivity index (χ3v) is 3.60. The molecule has 0 aromatic heterocycles. The Hall–Kier alpha value is -1.81. The van der Waals surface area contributed by atoms with E-state index in [1.165, 1.54) is 0 Å². The summed E-state index contributed by atoms with van der Waals surface area (Å²) in [5.41, 5.74) is 2.32. The van der Waals surface area contributed by atoms with Crippen LogP contribution in [-0.4, -0.2) is 20.0 Å². The van der Waals surface area contributed by atoms with E-state index in [1.807, 2.05) is 31.2 Å². The molecule has 0 aliphatic heterocycles. The first-order chi connectivity index (χ1) is 9.56. The summed E-state index contributed by atoms with van der Waals surface area (Å²) in [5.74, 6) is 1.05. The van der Waals surface area contributed by atoms with E-state index in [-0.39, 0.29) is 5.78 Å². The van der Waals surface area contributed by atoms with Crippen molar-refractivity contribution in [1.29, 1.82) is 0 Å². The SMILES string of the molecule is COc1cc(C(=O)c2ccc(C)cc2)cc(Br)c1OC. The molecule has 0 aliphatic carbocycles. The third kappa shape index (κ3) is 2.85. The fourth-order valence-electron chi connectivity index (χ4n) is 1.92. The average molecular weight is 335 g/mol. The van der Waals surface area contributed by atoms with Gasteiger partial charge in [-0.2, -0.15) is 0 Å². The van der Waals surface area contributed by atoms with Crippen LogP contribution in [0.3, 0.4) is 0 Å². The van der Waals surface area contributed by atoms with E-state index in [4.69, 9.17) is 9.47 Å². The minimum absolute atomic E-state index is 0.0494.